The SMILES string of the molecule is Nc1ccnc(NC(CO)(CO)CO)c1. The van der Waals surface area contributed by atoms with Gasteiger partial charge in [-0.05, 0) is 6.07 Å². The topological polar surface area (TPSA) is 112 Å². The van der Waals surface area contributed by atoms with Crippen LogP contribution in [0.1, 0.15) is 0 Å². The van der Waals surface area contributed by atoms with Crippen LogP contribution in [0, 0.1) is 0 Å². The quantitative estimate of drug-likeness (QED) is 0.419. The Labute approximate surface area is 87.4 Å². The van der Waals surface area contributed by atoms with Gasteiger partial charge in [0.2, 0.25) is 0 Å². The molecule has 6 N–H and O–H groups in total. The van der Waals surface area contributed by atoms with Crippen molar-refractivity contribution in [1.29, 1.82) is 0 Å². The van der Waals surface area contributed by atoms with Crippen molar-refractivity contribution in [2.45, 2.75) is 5.54 Å². The van der Waals surface area contributed by atoms with Crippen molar-refractivity contribution in [2.24, 2.45) is 0 Å². The van der Waals surface area contributed by atoms with E-state index in [0.717, 1.165) is 0 Å². The average Bonchev–Trinajstić information content (AvgIpc) is 2.26. The van der Waals surface area contributed by atoms with E-state index >= 15 is 0 Å². The van der Waals surface area contributed by atoms with Crippen molar-refractivity contribution in [2.75, 3.05) is 30.9 Å². The first-order chi connectivity index (χ1) is 7.15. The Kier molecular flexibility index (Phi) is 3.84. The summed E-state index contributed by atoms with van der Waals surface area (Å²) in [6.45, 7) is -1.22. The molecule has 1 heterocycles. The fourth-order valence-electron chi connectivity index (χ4n) is 1.06. The monoisotopic (exact) mass is 213 g/mol. The van der Waals surface area contributed by atoms with Gasteiger partial charge in [0.05, 0.1) is 19.8 Å². The molecule has 0 aliphatic heterocycles. The zero-order valence-corrected chi connectivity index (χ0v) is 8.22. The maximum atomic E-state index is 9.07. The predicted octanol–water partition coefficient (Wildman–Crippen LogP) is -1.21. The van der Waals surface area contributed by atoms with E-state index in [9.17, 15) is 0 Å². The minimum Gasteiger partial charge on any atom is -0.399 e. The number of nitrogens with one attached hydrogen (secondary N) is 1. The molecule has 0 unspecified atom stereocenters. The number of nitrogens with two attached hydrogens (primary N) is 1. The molecule has 1 aromatic rings. The summed E-state index contributed by atoms with van der Waals surface area (Å²) in [6, 6.07) is 3.17. The van der Waals surface area contributed by atoms with E-state index in [0.29, 0.717) is 11.5 Å². The van der Waals surface area contributed by atoms with E-state index < -0.39 is 25.4 Å². The van der Waals surface area contributed by atoms with Crippen LogP contribution in [0.5, 0.6) is 0 Å². The highest BCUT2D eigenvalue weighted by Gasteiger charge is 2.28. The third-order valence-electron chi connectivity index (χ3n) is 2.09. The fourth-order valence-corrected chi connectivity index (χ4v) is 1.06. The second kappa shape index (κ2) is 4.92. The standard InChI is InChI=1S/C9H15N3O3/c10-7-1-2-11-8(3-7)12-9(4-13,5-14)6-15/h1-3,13-15H,4-6H2,(H3,10,11,12). The first-order valence-corrected chi connectivity index (χ1v) is 4.48. The Bertz CT molecular complexity index is 307. The highest BCUT2D eigenvalue weighted by Crippen LogP contribution is 2.14. The van der Waals surface area contributed by atoms with E-state index in [1.165, 1.54) is 6.20 Å². The summed E-state index contributed by atoms with van der Waals surface area (Å²) in [5, 5.41) is 29.9. The van der Waals surface area contributed by atoms with Gasteiger partial charge in [-0.2, -0.15) is 0 Å². The molecule has 6 nitrogen and oxygen atoms in total. The zero-order chi connectivity index (χ0) is 11.3. The van der Waals surface area contributed by atoms with Gasteiger partial charge in [0.1, 0.15) is 11.4 Å². The molecule has 15 heavy (non-hydrogen) atoms. The molecule has 84 valence electrons. The summed E-state index contributed by atoms with van der Waals surface area (Å²) in [5.74, 6) is 0.396. The maximum Gasteiger partial charge on any atom is 0.128 e. The summed E-state index contributed by atoms with van der Waals surface area (Å²) in [7, 11) is 0. The molecule has 0 aliphatic rings. The number of hydrogen-bond donors (Lipinski definition) is 5. The summed E-state index contributed by atoms with van der Waals surface area (Å²) in [6.07, 6.45) is 1.49. The third-order valence-corrected chi connectivity index (χ3v) is 2.09. The number of aliphatic hydroxyl groups excluding tert-OH is 3. The third kappa shape index (κ3) is 2.79. The van der Waals surface area contributed by atoms with E-state index in [1.54, 1.807) is 12.1 Å². The lowest BCUT2D eigenvalue weighted by molar-refractivity contribution is 0.0831. The molecule has 0 fully saturated rings. The highest BCUT2D eigenvalue weighted by atomic mass is 16.3. The first-order valence-electron chi connectivity index (χ1n) is 4.48. The molecule has 1 rings (SSSR count). The molecule has 0 saturated carbocycles. The van der Waals surface area contributed by atoms with Crippen molar-refractivity contribution >= 4 is 11.5 Å². The number of aromatic nitrogens is 1. The number of anilines is 2. The highest BCUT2D eigenvalue weighted by molar-refractivity contribution is 5.49. The van der Waals surface area contributed by atoms with Crippen molar-refractivity contribution in [3.05, 3.63) is 18.3 Å². The lowest BCUT2D eigenvalue weighted by atomic mass is 10.0. The van der Waals surface area contributed by atoms with Gasteiger partial charge in [-0.15, -0.1) is 0 Å². The summed E-state index contributed by atoms with van der Waals surface area (Å²) in [5.41, 5.74) is 4.86. The van der Waals surface area contributed by atoms with E-state index in [1.807, 2.05) is 0 Å². The Balaban J connectivity index is 2.82. The Morgan fingerprint density at radius 1 is 1.27 bits per heavy atom. The Hall–Kier alpha value is -1.37. The Morgan fingerprint density at radius 2 is 1.87 bits per heavy atom. The molecule has 0 bridgehead atoms. The molecule has 0 radical (unpaired) electrons. The molecule has 0 amide bonds. The molecule has 0 spiro atoms. The summed E-state index contributed by atoms with van der Waals surface area (Å²) in [4.78, 5) is 3.94. The minimum absolute atomic E-state index is 0.396. The molecule has 0 saturated heterocycles. The van der Waals surface area contributed by atoms with Crippen LogP contribution >= 0.6 is 0 Å². The second-order valence-electron chi connectivity index (χ2n) is 3.35. The molecule has 0 aromatic carbocycles. The molecule has 1 aromatic heterocycles. The van der Waals surface area contributed by atoms with Gasteiger partial charge in [0.15, 0.2) is 0 Å². The number of pyridine rings is 1. The number of hydrogen-bond acceptors (Lipinski definition) is 6. The summed E-state index contributed by atoms with van der Waals surface area (Å²) < 4.78 is 0. The summed E-state index contributed by atoms with van der Waals surface area (Å²) >= 11 is 0. The van der Waals surface area contributed by atoms with E-state index in [-0.39, 0.29) is 0 Å². The number of nitrogens with zero attached hydrogens (tertiary/aromatic N) is 1. The largest absolute Gasteiger partial charge is 0.399 e. The average molecular weight is 213 g/mol. The van der Waals surface area contributed by atoms with Gasteiger partial charge in [-0.25, -0.2) is 4.98 Å². The lowest BCUT2D eigenvalue weighted by Gasteiger charge is -2.29. The van der Waals surface area contributed by atoms with Crippen molar-refractivity contribution < 1.29 is 15.3 Å². The van der Waals surface area contributed by atoms with E-state index in [2.05, 4.69) is 10.3 Å². The van der Waals surface area contributed by atoms with Gasteiger partial charge in [0, 0.05) is 18.0 Å². The lowest BCUT2D eigenvalue weighted by Crippen LogP contribution is -2.49. The van der Waals surface area contributed by atoms with Crippen molar-refractivity contribution in [3.8, 4) is 0 Å². The van der Waals surface area contributed by atoms with Gasteiger partial charge in [-0.3, -0.25) is 0 Å². The zero-order valence-electron chi connectivity index (χ0n) is 8.22. The minimum atomic E-state index is -1.18. The molecule has 0 aliphatic carbocycles. The van der Waals surface area contributed by atoms with Crippen LogP contribution in [0.4, 0.5) is 11.5 Å². The Morgan fingerprint density at radius 3 is 2.33 bits per heavy atom. The van der Waals surface area contributed by atoms with Crippen LogP contribution in [0.2, 0.25) is 0 Å². The van der Waals surface area contributed by atoms with Crippen LogP contribution in [0.15, 0.2) is 18.3 Å². The first kappa shape index (κ1) is 11.7. The van der Waals surface area contributed by atoms with Crippen LogP contribution < -0.4 is 11.1 Å². The van der Waals surface area contributed by atoms with Crippen molar-refractivity contribution in [3.63, 3.8) is 0 Å². The maximum absolute atomic E-state index is 9.07. The van der Waals surface area contributed by atoms with Crippen LogP contribution in [-0.2, 0) is 0 Å². The van der Waals surface area contributed by atoms with E-state index in [4.69, 9.17) is 21.1 Å². The van der Waals surface area contributed by atoms with Gasteiger partial charge < -0.3 is 26.4 Å². The normalized spacial score (nSPS) is 11.4. The molecule has 0 atom stereocenters. The van der Waals surface area contributed by atoms with Crippen molar-refractivity contribution in [1.82, 2.24) is 4.98 Å². The molecule has 6 heteroatoms. The molecular weight excluding hydrogens is 198 g/mol. The smallest absolute Gasteiger partial charge is 0.128 e. The van der Waals surface area contributed by atoms with Gasteiger partial charge in [-0.1, -0.05) is 0 Å². The number of rotatable bonds is 5. The number of nitrogen functional groups attached to an aromatic ring is 1. The second-order valence-corrected chi connectivity index (χ2v) is 3.35. The van der Waals surface area contributed by atoms with Crippen LogP contribution in [0.3, 0.4) is 0 Å². The molecular formula is C9H15N3O3. The predicted molar refractivity (Wildman–Crippen MR) is 56.3 cm³/mol. The van der Waals surface area contributed by atoms with Crippen LogP contribution in [0.25, 0.3) is 0 Å². The number of aliphatic hydroxyl groups is 3. The van der Waals surface area contributed by atoms with Gasteiger partial charge in [0.25, 0.3) is 0 Å². The fraction of sp³-hybridized carbons (Fsp3) is 0.444. The van der Waals surface area contributed by atoms with Crippen LogP contribution in [-0.4, -0.2) is 45.7 Å². The van der Waals surface area contributed by atoms with Gasteiger partial charge >= 0.3 is 0 Å².